The van der Waals surface area contributed by atoms with Crippen molar-refractivity contribution in [2.75, 3.05) is 32.7 Å². The topological polar surface area (TPSA) is 39.7 Å². The summed E-state index contributed by atoms with van der Waals surface area (Å²) in [7, 11) is 0. The lowest BCUT2D eigenvalue weighted by Gasteiger charge is -2.50. The van der Waals surface area contributed by atoms with Gasteiger partial charge in [-0.05, 0) is 31.5 Å². The standard InChI is InChI=1S/C21H26N4OS/c26-21(19-14-27-15-22-19)24-11-17-12-25(20(17)13-24)18-6-8-23(9-7-18)10-16-4-2-1-3-5-16/h1-5,14-15,17-18,20H,6-13H2/t17-,20+/m0/s1. The normalized spacial score (nSPS) is 26.7. The number of benzene rings is 1. The molecule has 27 heavy (non-hydrogen) atoms. The SMILES string of the molecule is O=C(c1cscn1)N1C[C@H]2CN(C3CCN(Cc4ccccc4)CC3)[C@@H]2C1. The fourth-order valence-corrected chi connectivity index (χ4v) is 5.52. The Bertz CT molecular complexity index is 773. The second-order valence-corrected chi connectivity index (χ2v) is 8.82. The molecule has 3 saturated heterocycles. The smallest absolute Gasteiger partial charge is 0.273 e. The highest BCUT2D eigenvalue weighted by atomic mass is 32.1. The molecule has 1 aromatic heterocycles. The van der Waals surface area contributed by atoms with Crippen molar-refractivity contribution in [1.82, 2.24) is 19.7 Å². The van der Waals surface area contributed by atoms with Crippen molar-refractivity contribution in [2.24, 2.45) is 5.92 Å². The summed E-state index contributed by atoms with van der Waals surface area (Å²) >= 11 is 1.49. The number of nitrogens with zero attached hydrogens (tertiary/aromatic N) is 4. The Morgan fingerprint density at radius 1 is 1.11 bits per heavy atom. The first-order valence-electron chi connectivity index (χ1n) is 9.97. The minimum atomic E-state index is 0.114. The van der Waals surface area contributed by atoms with Crippen LogP contribution in [0, 0.1) is 5.92 Å². The van der Waals surface area contributed by atoms with Gasteiger partial charge in [0.2, 0.25) is 0 Å². The molecule has 0 aliphatic carbocycles. The monoisotopic (exact) mass is 382 g/mol. The van der Waals surface area contributed by atoms with Crippen molar-refractivity contribution in [3.8, 4) is 0 Å². The van der Waals surface area contributed by atoms with Crippen LogP contribution in [0.5, 0.6) is 0 Å². The highest BCUT2D eigenvalue weighted by Gasteiger charge is 2.49. The van der Waals surface area contributed by atoms with Crippen LogP contribution in [0.1, 0.15) is 28.9 Å². The Kier molecular flexibility index (Phi) is 4.71. The van der Waals surface area contributed by atoms with Crippen LogP contribution in [0.25, 0.3) is 0 Å². The maximum Gasteiger partial charge on any atom is 0.273 e. The van der Waals surface area contributed by atoms with E-state index in [1.165, 1.54) is 42.8 Å². The molecule has 2 aromatic rings. The third kappa shape index (κ3) is 3.42. The molecule has 2 atom stereocenters. The Morgan fingerprint density at radius 2 is 1.93 bits per heavy atom. The van der Waals surface area contributed by atoms with Gasteiger partial charge in [0, 0.05) is 49.6 Å². The lowest BCUT2D eigenvalue weighted by atomic mass is 9.87. The molecular formula is C21H26N4OS. The molecule has 3 aliphatic heterocycles. The van der Waals surface area contributed by atoms with Crippen molar-refractivity contribution >= 4 is 17.2 Å². The van der Waals surface area contributed by atoms with Crippen LogP contribution >= 0.6 is 11.3 Å². The molecule has 1 amide bonds. The molecular weight excluding hydrogens is 356 g/mol. The number of hydrogen-bond donors (Lipinski definition) is 0. The fourth-order valence-electron chi connectivity index (χ4n) is 4.99. The summed E-state index contributed by atoms with van der Waals surface area (Å²) in [4.78, 5) is 24.0. The van der Waals surface area contributed by atoms with Crippen LogP contribution in [0.15, 0.2) is 41.2 Å². The minimum absolute atomic E-state index is 0.114. The number of fused-ring (bicyclic) bond motifs is 1. The van der Waals surface area contributed by atoms with Crippen LogP contribution in [0.3, 0.4) is 0 Å². The van der Waals surface area contributed by atoms with Gasteiger partial charge >= 0.3 is 0 Å². The van der Waals surface area contributed by atoms with Gasteiger partial charge in [0.1, 0.15) is 5.69 Å². The maximum atomic E-state index is 12.6. The second kappa shape index (κ2) is 7.34. The van der Waals surface area contributed by atoms with E-state index in [0.29, 0.717) is 23.7 Å². The summed E-state index contributed by atoms with van der Waals surface area (Å²) in [6.45, 7) is 6.36. The molecule has 0 unspecified atom stereocenters. The van der Waals surface area contributed by atoms with Crippen molar-refractivity contribution in [2.45, 2.75) is 31.5 Å². The molecule has 5 rings (SSSR count). The van der Waals surface area contributed by atoms with E-state index in [4.69, 9.17) is 0 Å². The van der Waals surface area contributed by atoms with E-state index in [9.17, 15) is 4.79 Å². The van der Waals surface area contributed by atoms with E-state index in [-0.39, 0.29) is 5.91 Å². The molecule has 0 bridgehead atoms. The van der Waals surface area contributed by atoms with Gasteiger partial charge in [0.15, 0.2) is 0 Å². The van der Waals surface area contributed by atoms with Gasteiger partial charge in [-0.3, -0.25) is 14.6 Å². The predicted octanol–water partition coefficient (Wildman–Crippen LogP) is 2.56. The summed E-state index contributed by atoms with van der Waals surface area (Å²) < 4.78 is 0. The van der Waals surface area contributed by atoms with Crippen LogP contribution in [0.2, 0.25) is 0 Å². The second-order valence-electron chi connectivity index (χ2n) is 8.10. The highest BCUT2D eigenvalue weighted by Crippen LogP contribution is 2.37. The minimum Gasteiger partial charge on any atom is -0.335 e. The van der Waals surface area contributed by atoms with Gasteiger partial charge in [-0.2, -0.15) is 0 Å². The first-order valence-corrected chi connectivity index (χ1v) is 10.9. The van der Waals surface area contributed by atoms with Crippen LogP contribution in [-0.4, -0.2) is 70.4 Å². The number of aromatic nitrogens is 1. The number of carbonyl (C=O) groups is 1. The lowest BCUT2D eigenvalue weighted by molar-refractivity contribution is -0.0178. The molecule has 0 saturated carbocycles. The first-order chi connectivity index (χ1) is 13.3. The van der Waals surface area contributed by atoms with E-state index < -0.39 is 0 Å². The Balaban J connectivity index is 1.13. The number of amides is 1. The molecule has 1 aromatic carbocycles. The van der Waals surface area contributed by atoms with E-state index >= 15 is 0 Å². The zero-order chi connectivity index (χ0) is 18.2. The van der Waals surface area contributed by atoms with Crippen molar-refractivity contribution in [3.63, 3.8) is 0 Å². The molecule has 4 heterocycles. The van der Waals surface area contributed by atoms with Gasteiger partial charge < -0.3 is 4.90 Å². The van der Waals surface area contributed by atoms with Gasteiger partial charge in [0.25, 0.3) is 5.91 Å². The molecule has 142 valence electrons. The van der Waals surface area contributed by atoms with Gasteiger partial charge in [-0.25, -0.2) is 4.98 Å². The number of carbonyl (C=O) groups excluding carboxylic acids is 1. The zero-order valence-corrected chi connectivity index (χ0v) is 16.4. The average molecular weight is 383 g/mol. The Morgan fingerprint density at radius 3 is 2.67 bits per heavy atom. The molecule has 3 fully saturated rings. The molecule has 6 heteroatoms. The molecule has 0 spiro atoms. The summed E-state index contributed by atoms with van der Waals surface area (Å²) in [5, 5.41) is 1.86. The van der Waals surface area contributed by atoms with Crippen molar-refractivity contribution < 1.29 is 4.79 Å². The van der Waals surface area contributed by atoms with Gasteiger partial charge in [0.05, 0.1) is 5.51 Å². The quantitative estimate of drug-likeness (QED) is 0.815. The third-order valence-corrected chi connectivity index (χ3v) is 7.08. The average Bonchev–Trinajstić information content (AvgIpc) is 3.33. The van der Waals surface area contributed by atoms with Crippen molar-refractivity contribution in [1.29, 1.82) is 0 Å². The highest BCUT2D eigenvalue weighted by molar-refractivity contribution is 7.07. The van der Waals surface area contributed by atoms with Crippen LogP contribution < -0.4 is 0 Å². The Hall–Kier alpha value is -1.76. The van der Waals surface area contributed by atoms with Crippen molar-refractivity contribution in [3.05, 3.63) is 52.5 Å². The summed E-state index contributed by atoms with van der Waals surface area (Å²) in [5.74, 6) is 0.776. The van der Waals surface area contributed by atoms with E-state index in [1.807, 2.05) is 10.3 Å². The summed E-state index contributed by atoms with van der Waals surface area (Å²) in [6, 6.07) is 12.0. The predicted molar refractivity (Wildman–Crippen MR) is 107 cm³/mol. The number of likely N-dealkylation sites (tertiary alicyclic amines) is 3. The third-order valence-electron chi connectivity index (χ3n) is 6.49. The fraction of sp³-hybridized carbons (Fsp3) is 0.524. The van der Waals surface area contributed by atoms with E-state index in [1.54, 1.807) is 5.51 Å². The summed E-state index contributed by atoms with van der Waals surface area (Å²) in [6.07, 6.45) is 2.49. The zero-order valence-electron chi connectivity index (χ0n) is 15.5. The maximum absolute atomic E-state index is 12.6. The first kappa shape index (κ1) is 17.3. The number of rotatable bonds is 4. The van der Waals surface area contributed by atoms with Crippen LogP contribution in [-0.2, 0) is 6.54 Å². The lowest BCUT2D eigenvalue weighted by Crippen LogP contribution is -2.61. The number of piperidine rings is 1. The Labute approximate surface area is 164 Å². The molecule has 3 aliphatic rings. The number of hydrogen-bond acceptors (Lipinski definition) is 5. The van der Waals surface area contributed by atoms with Gasteiger partial charge in [-0.15, -0.1) is 11.3 Å². The van der Waals surface area contributed by atoms with Crippen LogP contribution in [0.4, 0.5) is 0 Å². The number of thiazole rings is 1. The van der Waals surface area contributed by atoms with E-state index in [2.05, 4.69) is 45.1 Å². The molecule has 5 nitrogen and oxygen atoms in total. The van der Waals surface area contributed by atoms with E-state index in [0.717, 1.165) is 26.2 Å². The molecule has 0 N–H and O–H groups in total. The van der Waals surface area contributed by atoms with Gasteiger partial charge in [-0.1, -0.05) is 30.3 Å². The largest absolute Gasteiger partial charge is 0.335 e. The molecule has 0 radical (unpaired) electrons. The summed E-state index contributed by atoms with van der Waals surface area (Å²) in [5.41, 5.74) is 3.77.